The van der Waals surface area contributed by atoms with Crippen molar-refractivity contribution in [1.29, 1.82) is 0 Å². The van der Waals surface area contributed by atoms with Crippen LogP contribution in [0.3, 0.4) is 0 Å². The first-order valence-corrected chi connectivity index (χ1v) is 6.86. The predicted octanol–water partition coefficient (Wildman–Crippen LogP) is 3.73. The van der Waals surface area contributed by atoms with Gasteiger partial charge in [-0.1, -0.05) is 24.3 Å². The smallest absolute Gasteiger partial charge is 0.305 e. The van der Waals surface area contributed by atoms with Crippen LogP contribution in [-0.2, 0) is 16.0 Å². The van der Waals surface area contributed by atoms with Crippen LogP contribution in [0, 0.1) is 0 Å². The molecule has 0 aromatic heterocycles. The molecule has 106 valence electrons. The quantitative estimate of drug-likeness (QED) is 0.593. The second-order valence-corrected chi connectivity index (χ2v) is 4.83. The summed E-state index contributed by atoms with van der Waals surface area (Å²) < 4.78 is 9.85. The largest absolute Gasteiger partial charge is 0.497 e. The number of rotatable bonds is 6. The maximum absolute atomic E-state index is 11.0. The number of hydrogen-bond donors (Lipinski definition) is 0. The van der Waals surface area contributed by atoms with Crippen LogP contribution in [0.2, 0.25) is 0 Å². The monoisotopic (exact) mass is 272 g/mol. The van der Waals surface area contributed by atoms with Crippen LogP contribution in [0.5, 0.6) is 5.75 Å². The Kier molecular flexibility index (Phi) is 4.99. The van der Waals surface area contributed by atoms with Crippen LogP contribution in [0.1, 0.15) is 24.8 Å². The Hall–Kier alpha value is -2.03. The van der Waals surface area contributed by atoms with E-state index in [1.165, 1.54) is 23.4 Å². The molecule has 0 N–H and O–H groups in total. The van der Waals surface area contributed by atoms with Gasteiger partial charge >= 0.3 is 5.97 Å². The highest BCUT2D eigenvalue weighted by molar-refractivity contribution is 5.84. The Balaban J connectivity index is 1.96. The number of carbonyl (C=O) groups is 1. The molecule has 3 nitrogen and oxygen atoms in total. The minimum absolute atomic E-state index is 0.129. The highest BCUT2D eigenvalue weighted by Gasteiger charge is 2.02. The number of hydrogen-bond acceptors (Lipinski definition) is 3. The lowest BCUT2D eigenvalue weighted by atomic mass is 10.0. The summed E-state index contributed by atoms with van der Waals surface area (Å²) in [4.78, 5) is 11.0. The van der Waals surface area contributed by atoms with E-state index in [2.05, 4.69) is 29.0 Å². The van der Waals surface area contributed by atoms with Crippen LogP contribution >= 0.6 is 0 Å². The Morgan fingerprint density at radius 2 is 1.75 bits per heavy atom. The molecule has 0 aliphatic rings. The molecule has 0 saturated carbocycles. The van der Waals surface area contributed by atoms with Crippen molar-refractivity contribution in [2.24, 2.45) is 0 Å². The highest BCUT2D eigenvalue weighted by Crippen LogP contribution is 2.22. The van der Waals surface area contributed by atoms with Gasteiger partial charge in [-0.25, -0.2) is 0 Å². The molecule has 0 spiro atoms. The molecule has 20 heavy (non-hydrogen) atoms. The highest BCUT2D eigenvalue weighted by atomic mass is 16.5. The fourth-order valence-corrected chi connectivity index (χ4v) is 2.26. The maximum Gasteiger partial charge on any atom is 0.305 e. The molecule has 0 aliphatic heterocycles. The van der Waals surface area contributed by atoms with Gasteiger partial charge in [0.25, 0.3) is 0 Å². The Bertz CT molecular complexity index is 590. The molecule has 0 saturated heterocycles. The lowest BCUT2D eigenvalue weighted by Crippen LogP contribution is -1.99. The van der Waals surface area contributed by atoms with Crippen LogP contribution < -0.4 is 4.74 Å². The molecular weight excluding hydrogens is 252 g/mol. The minimum Gasteiger partial charge on any atom is -0.497 e. The zero-order valence-electron chi connectivity index (χ0n) is 12.0. The van der Waals surface area contributed by atoms with E-state index < -0.39 is 0 Å². The van der Waals surface area contributed by atoms with E-state index in [9.17, 15) is 4.79 Å². The minimum atomic E-state index is -0.129. The molecular formula is C17H20O3. The average molecular weight is 272 g/mol. The molecule has 0 unspecified atom stereocenters. The number of unbranched alkanes of at least 4 members (excludes halogenated alkanes) is 1. The fraction of sp³-hybridized carbons (Fsp3) is 0.353. The second kappa shape index (κ2) is 6.94. The van der Waals surface area contributed by atoms with Gasteiger partial charge in [-0.05, 0) is 47.7 Å². The van der Waals surface area contributed by atoms with E-state index in [-0.39, 0.29) is 5.97 Å². The van der Waals surface area contributed by atoms with Crippen LogP contribution in [0.4, 0.5) is 0 Å². The standard InChI is InChI=1S/C17H20O3/c1-19-16-10-9-14-11-13(7-8-15(14)12-16)5-3-4-6-17(18)20-2/h7-12H,3-6H2,1-2H3. The first kappa shape index (κ1) is 14.4. The first-order chi connectivity index (χ1) is 9.72. The van der Waals surface area contributed by atoms with Gasteiger partial charge in [0.2, 0.25) is 0 Å². The van der Waals surface area contributed by atoms with Gasteiger partial charge in [0.05, 0.1) is 14.2 Å². The molecule has 2 aromatic rings. The average Bonchev–Trinajstić information content (AvgIpc) is 2.50. The first-order valence-electron chi connectivity index (χ1n) is 6.86. The van der Waals surface area contributed by atoms with Crippen molar-refractivity contribution in [2.75, 3.05) is 14.2 Å². The second-order valence-electron chi connectivity index (χ2n) is 4.83. The molecule has 2 rings (SSSR count). The Morgan fingerprint density at radius 3 is 2.50 bits per heavy atom. The van der Waals surface area contributed by atoms with E-state index in [0.29, 0.717) is 6.42 Å². The van der Waals surface area contributed by atoms with E-state index in [4.69, 9.17) is 4.74 Å². The molecule has 0 aliphatic carbocycles. The van der Waals surface area contributed by atoms with Crippen molar-refractivity contribution in [3.63, 3.8) is 0 Å². The van der Waals surface area contributed by atoms with Crippen LogP contribution in [0.15, 0.2) is 36.4 Å². The number of esters is 1. The van der Waals surface area contributed by atoms with Gasteiger partial charge in [0.15, 0.2) is 0 Å². The van der Waals surface area contributed by atoms with E-state index in [1.807, 2.05) is 12.1 Å². The van der Waals surface area contributed by atoms with E-state index in [1.54, 1.807) is 7.11 Å². The van der Waals surface area contributed by atoms with Crippen molar-refractivity contribution in [3.05, 3.63) is 42.0 Å². The summed E-state index contributed by atoms with van der Waals surface area (Å²) in [5.41, 5.74) is 1.30. The topological polar surface area (TPSA) is 35.5 Å². The summed E-state index contributed by atoms with van der Waals surface area (Å²) in [7, 11) is 3.11. The molecule has 0 amide bonds. The van der Waals surface area contributed by atoms with Crippen molar-refractivity contribution >= 4 is 16.7 Å². The normalized spacial score (nSPS) is 10.5. The van der Waals surface area contributed by atoms with Gasteiger partial charge < -0.3 is 9.47 Å². The van der Waals surface area contributed by atoms with Gasteiger partial charge in [-0.15, -0.1) is 0 Å². The number of ether oxygens (including phenoxy) is 2. The number of aryl methyl sites for hydroxylation is 1. The number of fused-ring (bicyclic) bond motifs is 1. The van der Waals surface area contributed by atoms with Crippen LogP contribution in [0.25, 0.3) is 10.8 Å². The van der Waals surface area contributed by atoms with E-state index >= 15 is 0 Å². The summed E-state index contributed by atoms with van der Waals surface area (Å²) in [6, 6.07) is 12.5. The number of methoxy groups -OCH3 is 2. The summed E-state index contributed by atoms with van der Waals surface area (Å²) >= 11 is 0. The third-order valence-corrected chi connectivity index (χ3v) is 3.44. The van der Waals surface area contributed by atoms with Crippen LogP contribution in [-0.4, -0.2) is 20.2 Å². The Labute approximate surface area is 119 Å². The third-order valence-electron chi connectivity index (χ3n) is 3.44. The summed E-state index contributed by atoms with van der Waals surface area (Å²) in [5.74, 6) is 0.749. The van der Waals surface area contributed by atoms with E-state index in [0.717, 1.165) is 25.0 Å². The van der Waals surface area contributed by atoms with Gasteiger partial charge in [0.1, 0.15) is 5.75 Å². The zero-order chi connectivity index (χ0) is 14.4. The molecule has 0 fully saturated rings. The SMILES string of the molecule is COC(=O)CCCCc1ccc2cc(OC)ccc2c1. The van der Waals surface area contributed by atoms with Gasteiger partial charge in [0, 0.05) is 6.42 Å². The van der Waals surface area contributed by atoms with Crippen molar-refractivity contribution < 1.29 is 14.3 Å². The maximum atomic E-state index is 11.0. The lowest BCUT2D eigenvalue weighted by molar-refractivity contribution is -0.140. The summed E-state index contributed by atoms with van der Waals surface area (Å²) in [6.45, 7) is 0. The molecule has 0 bridgehead atoms. The summed E-state index contributed by atoms with van der Waals surface area (Å²) in [6.07, 6.45) is 3.35. The lowest BCUT2D eigenvalue weighted by Gasteiger charge is -2.06. The van der Waals surface area contributed by atoms with Gasteiger partial charge in [-0.2, -0.15) is 0 Å². The predicted molar refractivity (Wildman–Crippen MR) is 80.1 cm³/mol. The van der Waals surface area contributed by atoms with Gasteiger partial charge in [-0.3, -0.25) is 4.79 Å². The number of benzene rings is 2. The molecule has 0 radical (unpaired) electrons. The van der Waals surface area contributed by atoms with Crippen molar-refractivity contribution in [2.45, 2.75) is 25.7 Å². The molecule has 3 heteroatoms. The molecule has 0 atom stereocenters. The number of carbonyl (C=O) groups excluding carboxylic acids is 1. The van der Waals surface area contributed by atoms with Crippen molar-refractivity contribution in [3.8, 4) is 5.75 Å². The molecule has 0 heterocycles. The van der Waals surface area contributed by atoms with Crippen molar-refractivity contribution in [1.82, 2.24) is 0 Å². The fourth-order valence-electron chi connectivity index (χ4n) is 2.26. The molecule has 2 aromatic carbocycles. The zero-order valence-corrected chi connectivity index (χ0v) is 12.0. The Morgan fingerprint density at radius 1 is 1.00 bits per heavy atom. The summed E-state index contributed by atoms with van der Waals surface area (Å²) in [5, 5.41) is 2.40. The third kappa shape index (κ3) is 3.73.